The highest BCUT2D eigenvalue weighted by Gasteiger charge is 2.41. The third kappa shape index (κ3) is 2.71. The van der Waals surface area contributed by atoms with Gasteiger partial charge < -0.3 is 9.84 Å². The van der Waals surface area contributed by atoms with Crippen molar-refractivity contribution in [3.05, 3.63) is 88.7 Å². The average Bonchev–Trinajstić information content (AvgIpc) is 3.15. The van der Waals surface area contributed by atoms with Crippen LogP contribution in [-0.4, -0.2) is 20.8 Å². The number of phenols is 1. The molecule has 2 aromatic carbocycles. The Morgan fingerprint density at radius 3 is 2.74 bits per heavy atom. The van der Waals surface area contributed by atoms with Crippen LogP contribution in [-0.2, 0) is 0 Å². The van der Waals surface area contributed by atoms with Crippen molar-refractivity contribution in [3.63, 3.8) is 0 Å². The highest BCUT2D eigenvalue weighted by molar-refractivity contribution is 6.31. The molecular weight excluding hydrogens is 362 g/mol. The number of para-hydroxylation sites is 1. The SMILES string of the molecule is Oc1ccc(Cl)cc1C1=NN2[C@H](C1)c1ccccc1O[C@@H]2c1ccncc1. The molecule has 5 rings (SSSR count). The summed E-state index contributed by atoms with van der Waals surface area (Å²) >= 11 is 6.14. The summed E-state index contributed by atoms with van der Waals surface area (Å²) in [6.45, 7) is 0. The predicted molar refractivity (Wildman–Crippen MR) is 103 cm³/mol. The highest BCUT2D eigenvalue weighted by Crippen LogP contribution is 2.47. The zero-order valence-electron chi connectivity index (χ0n) is 14.3. The minimum absolute atomic E-state index is 0.0292. The number of aromatic hydroxyl groups is 1. The van der Waals surface area contributed by atoms with Crippen molar-refractivity contribution in [3.8, 4) is 11.5 Å². The van der Waals surface area contributed by atoms with Crippen LogP contribution in [0.3, 0.4) is 0 Å². The predicted octanol–water partition coefficient (Wildman–Crippen LogP) is 4.68. The van der Waals surface area contributed by atoms with Gasteiger partial charge in [-0.15, -0.1) is 0 Å². The Hall–Kier alpha value is -3.05. The van der Waals surface area contributed by atoms with Crippen LogP contribution < -0.4 is 4.74 Å². The maximum absolute atomic E-state index is 10.3. The Morgan fingerprint density at radius 1 is 1.07 bits per heavy atom. The number of nitrogens with zero attached hydrogens (tertiary/aromatic N) is 3. The van der Waals surface area contributed by atoms with Gasteiger partial charge in [-0.2, -0.15) is 5.10 Å². The number of fused-ring (bicyclic) bond motifs is 3. The van der Waals surface area contributed by atoms with Crippen molar-refractivity contribution in [2.45, 2.75) is 18.7 Å². The lowest BCUT2D eigenvalue weighted by Crippen LogP contribution is -2.33. The number of phenolic OH excluding ortho intramolecular Hbond substituents is 1. The van der Waals surface area contributed by atoms with Gasteiger partial charge in [0.05, 0.1) is 11.8 Å². The first kappa shape index (κ1) is 16.1. The summed E-state index contributed by atoms with van der Waals surface area (Å²) in [7, 11) is 0. The summed E-state index contributed by atoms with van der Waals surface area (Å²) in [5, 5.41) is 17.7. The summed E-state index contributed by atoms with van der Waals surface area (Å²) in [6, 6.07) is 16.9. The second-order valence-corrected chi connectivity index (χ2v) is 7.03. The first-order valence-electron chi connectivity index (χ1n) is 8.71. The molecule has 1 aromatic heterocycles. The zero-order chi connectivity index (χ0) is 18.4. The summed E-state index contributed by atoms with van der Waals surface area (Å²) in [5.74, 6) is 1.03. The molecule has 0 spiro atoms. The van der Waals surface area contributed by atoms with Crippen LogP contribution in [0.4, 0.5) is 0 Å². The fourth-order valence-electron chi connectivity index (χ4n) is 3.68. The number of aromatic nitrogens is 1. The van der Waals surface area contributed by atoms with Crippen LogP contribution in [0.25, 0.3) is 0 Å². The first-order chi connectivity index (χ1) is 13.2. The van der Waals surface area contributed by atoms with Gasteiger partial charge in [-0.25, -0.2) is 5.01 Å². The molecule has 1 N–H and O–H groups in total. The van der Waals surface area contributed by atoms with Crippen LogP contribution in [0, 0.1) is 0 Å². The van der Waals surface area contributed by atoms with Crippen LogP contribution >= 0.6 is 11.6 Å². The first-order valence-corrected chi connectivity index (χ1v) is 9.09. The molecule has 5 nitrogen and oxygen atoms in total. The fraction of sp³-hybridized carbons (Fsp3) is 0.143. The van der Waals surface area contributed by atoms with E-state index in [4.69, 9.17) is 21.4 Å². The minimum atomic E-state index is -0.355. The molecule has 0 bridgehead atoms. The Bertz CT molecular complexity index is 1040. The molecular formula is C21H16ClN3O2. The molecule has 0 saturated carbocycles. The number of benzene rings is 2. The molecule has 27 heavy (non-hydrogen) atoms. The van der Waals surface area contributed by atoms with E-state index < -0.39 is 0 Å². The quantitative estimate of drug-likeness (QED) is 0.704. The van der Waals surface area contributed by atoms with Crippen LogP contribution in [0.5, 0.6) is 11.5 Å². The van der Waals surface area contributed by atoms with E-state index in [0.29, 0.717) is 17.0 Å². The van der Waals surface area contributed by atoms with Gasteiger partial charge in [0.1, 0.15) is 11.5 Å². The van der Waals surface area contributed by atoms with E-state index in [9.17, 15) is 5.11 Å². The van der Waals surface area contributed by atoms with Gasteiger partial charge in [0, 0.05) is 40.5 Å². The smallest absolute Gasteiger partial charge is 0.213 e. The van der Waals surface area contributed by atoms with Gasteiger partial charge >= 0.3 is 0 Å². The maximum Gasteiger partial charge on any atom is 0.213 e. The molecule has 0 saturated heterocycles. The molecule has 0 aliphatic carbocycles. The van der Waals surface area contributed by atoms with E-state index in [2.05, 4.69) is 11.1 Å². The Morgan fingerprint density at radius 2 is 1.89 bits per heavy atom. The third-order valence-electron chi connectivity index (χ3n) is 4.96. The highest BCUT2D eigenvalue weighted by atomic mass is 35.5. The van der Waals surface area contributed by atoms with Crippen molar-refractivity contribution in [2.75, 3.05) is 0 Å². The second kappa shape index (κ2) is 6.28. The summed E-state index contributed by atoms with van der Waals surface area (Å²) in [4.78, 5) is 4.10. The van der Waals surface area contributed by atoms with Crippen molar-refractivity contribution in [1.29, 1.82) is 0 Å². The van der Waals surface area contributed by atoms with Crippen LogP contribution in [0.15, 0.2) is 72.1 Å². The van der Waals surface area contributed by atoms with Gasteiger partial charge in [0.25, 0.3) is 0 Å². The van der Waals surface area contributed by atoms with Crippen molar-refractivity contribution >= 4 is 17.3 Å². The Kier molecular flexibility index (Phi) is 3.76. The van der Waals surface area contributed by atoms with E-state index in [1.165, 1.54) is 0 Å². The zero-order valence-corrected chi connectivity index (χ0v) is 15.0. The van der Waals surface area contributed by atoms with E-state index in [-0.39, 0.29) is 18.0 Å². The molecule has 0 fully saturated rings. The second-order valence-electron chi connectivity index (χ2n) is 6.60. The number of ether oxygens (including phenoxy) is 1. The topological polar surface area (TPSA) is 58.0 Å². The van der Waals surface area contributed by atoms with Gasteiger partial charge in [-0.05, 0) is 36.4 Å². The molecule has 3 aromatic rings. The summed E-state index contributed by atoms with van der Waals surface area (Å²) < 4.78 is 6.27. The van der Waals surface area contributed by atoms with Gasteiger partial charge in [0.2, 0.25) is 6.23 Å². The number of hydrogen-bond acceptors (Lipinski definition) is 5. The van der Waals surface area contributed by atoms with Crippen molar-refractivity contribution in [2.24, 2.45) is 5.10 Å². The van der Waals surface area contributed by atoms with E-state index >= 15 is 0 Å². The summed E-state index contributed by atoms with van der Waals surface area (Å²) in [6.07, 6.45) is 3.80. The standard InChI is InChI=1S/C21H16ClN3O2/c22-14-5-6-19(26)16(11-14)17-12-18-15-3-1-2-4-20(15)27-21(25(18)24-17)13-7-9-23-10-8-13/h1-11,18,21,26H,12H2/t18-,21-/m1/s1. The molecule has 2 atom stereocenters. The molecule has 2 aliphatic heterocycles. The van der Waals surface area contributed by atoms with E-state index in [1.54, 1.807) is 30.6 Å². The van der Waals surface area contributed by atoms with E-state index in [0.717, 1.165) is 22.6 Å². The average molecular weight is 378 g/mol. The Labute approximate surface area is 161 Å². The molecule has 3 heterocycles. The van der Waals surface area contributed by atoms with E-state index in [1.807, 2.05) is 35.3 Å². The molecule has 6 heteroatoms. The Balaban J connectivity index is 1.62. The number of hydrazone groups is 1. The number of pyridine rings is 1. The third-order valence-corrected chi connectivity index (χ3v) is 5.19. The normalized spacial score (nSPS) is 20.5. The summed E-state index contributed by atoms with van der Waals surface area (Å²) in [5.41, 5.74) is 3.51. The fourth-order valence-corrected chi connectivity index (χ4v) is 3.86. The number of rotatable bonds is 2. The molecule has 0 unspecified atom stereocenters. The molecule has 0 radical (unpaired) electrons. The number of hydrogen-bond donors (Lipinski definition) is 1. The van der Waals surface area contributed by atoms with Gasteiger partial charge in [-0.1, -0.05) is 29.8 Å². The molecule has 134 valence electrons. The minimum Gasteiger partial charge on any atom is -0.507 e. The maximum atomic E-state index is 10.3. The van der Waals surface area contributed by atoms with Crippen LogP contribution in [0.2, 0.25) is 5.02 Å². The lowest BCUT2D eigenvalue weighted by Gasteiger charge is -2.38. The lowest BCUT2D eigenvalue weighted by molar-refractivity contribution is -0.0190. The van der Waals surface area contributed by atoms with Gasteiger partial charge in [-0.3, -0.25) is 4.98 Å². The van der Waals surface area contributed by atoms with Crippen molar-refractivity contribution in [1.82, 2.24) is 9.99 Å². The molecule has 0 amide bonds. The number of halogens is 1. The largest absolute Gasteiger partial charge is 0.507 e. The lowest BCUT2D eigenvalue weighted by atomic mass is 9.95. The van der Waals surface area contributed by atoms with Gasteiger partial charge in [0.15, 0.2) is 0 Å². The van der Waals surface area contributed by atoms with Crippen molar-refractivity contribution < 1.29 is 9.84 Å². The van der Waals surface area contributed by atoms with Crippen LogP contribution in [0.1, 0.15) is 35.4 Å². The monoisotopic (exact) mass is 377 g/mol. The molecule has 2 aliphatic rings.